The van der Waals surface area contributed by atoms with Crippen LogP contribution in [0.1, 0.15) is 23.1 Å². The van der Waals surface area contributed by atoms with Crippen LogP contribution in [0.4, 0.5) is 0 Å². The van der Waals surface area contributed by atoms with E-state index >= 15 is 0 Å². The molecule has 1 heterocycles. The summed E-state index contributed by atoms with van der Waals surface area (Å²) in [6.07, 6.45) is 2.30. The summed E-state index contributed by atoms with van der Waals surface area (Å²) in [7, 11) is 1.65. The van der Waals surface area contributed by atoms with Crippen molar-refractivity contribution >= 4 is 0 Å². The van der Waals surface area contributed by atoms with E-state index in [-0.39, 0.29) is 6.61 Å². The minimum Gasteiger partial charge on any atom is -0.496 e. The van der Waals surface area contributed by atoms with Gasteiger partial charge in [0.15, 0.2) is 0 Å². The van der Waals surface area contributed by atoms with E-state index < -0.39 is 5.54 Å². The van der Waals surface area contributed by atoms with Gasteiger partial charge in [-0.25, -0.2) is 0 Å². The predicted molar refractivity (Wildman–Crippen MR) is 102 cm³/mol. The van der Waals surface area contributed by atoms with E-state index in [0.717, 1.165) is 40.8 Å². The molecule has 2 aromatic carbocycles. The maximum Gasteiger partial charge on any atom is 0.248 e. The number of nitrogens with zero attached hydrogens (tertiary/aromatic N) is 2. The Morgan fingerprint density at radius 3 is 2.48 bits per heavy atom. The molecule has 1 aliphatic carbocycles. The first-order valence-corrected chi connectivity index (χ1v) is 9.02. The lowest BCUT2D eigenvalue weighted by molar-refractivity contribution is 0.181. The molecule has 0 bridgehead atoms. The lowest BCUT2D eigenvalue weighted by Gasteiger charge is -2.33. The average Bonchev–Trinajstić information content (AvgIpc) is 3.17. The molecule has 3 N–H and O–H groups in total. The zero-order valence-electron chi connectivity index (χ0n) is 15.5. The SMILES string of the molecule is COc1ccc(-c2nnc(-c3ccc4c(c3)C[C@](N)(CO)CC4)o2)cc1C. The van der Waals surface area contributed by atoms with Crippen molar-refractivity contribution in [2.75, 3.05) is 13.7 Å². The third kappa shape index (κ3) is 3.34. The van der Waals surface area contributed by atoms with Gasteiger partial charge in [-0.15, -0.1) is 10.2 Å². The third-order valence-corrected chi connectivity index (χ3v) is 5.27. The molecule has 140 valence electrons. The number of rotatable bonds is 4. The van der Waals surface area contributed by atoms with Crippen molar-refractivity contribution in [1.82, 2.24) is 10.2 Å². The van der Waals surface area contributed by atoms with Gasteiger partial charge in [0.05, 0.1) is 13.7 Å². The Kier molecular flexibility index (Phi) is 4.45. The van der Waals surface area contributed by atoms with E-state index in [1.165, 1.54) is 5.56 Å². The molecule has 0 unspecified atom stereocenters. The largest absolute Gasteiger partial charge is 0.496 e. The van der Waals surface area contributed by atoms with E-state index in [4.69, 9.17) is 14.9 Å². The van der Waals surface area contributed by atoms with Crippen molar-refractivity contribution in [3.05, 3.63) is 53.1 Å². The first-order chi connectivity index (χ1) is 13.0. The molecular weight excluding hydrogens is 342 g/mol. The Morgan fingerprint density at radius 2 is 1.81 bits per heavy atom. The smallest absolute Gasteiger partial charge is 0.248 e. The topological polar surface area (TPSA) is 94.4 Å². The highest BCUT2D eigenvalue weighted by Crippen LogP contribution is 2.32. The summed E-state index contributed by atoms with van der Waals surface area (Å²) in [4.78, 5) is 0. The van der Waals surface area contributed by atoms with Gasteiger partial charge >= 0.3 is 0 Å². The number of aromatic nitrogens is 2. The summed E-state index contributed by atoms with van der Waals surface area (Å²) in [5, 5.41) is 18.0. The van der Waals surface area contributed by atoms with E-state index in [2.05, 4.69) is 16.3 Å². The Hall–Kier alpha value is -2.70. The molecule has 1 aliphatic rings. The minimum absolute atomic E-state index is 0.0157. The summed E-state index contributed by atoms with van der Waals surface area (Å²) in [6, 6.07) is 11.9. The fraction of sp³-hybridized carbons (Fsp3) is 0.333. The van der Waals surface area contributed by atoms with Gasteiger partial charge in [0, 0.05) is 16.7 Å². The molecule has 0 spiro atoms. The second-order valence-electron chi connectivity index (χ2n) is 7.28. The van der Waals surface area contributed by atoms with Gasteiger partial charge in [0.25, 0.3) is 0 Å². The molecule has 0 saturated heterocycles. The lowest BCUT2D eigenvalue weighted by Crippen LogP contribution is -2.48. The molecule has 6 heteroatoms. The number of ether oxygens (including phenoxy) is 1. The molecule has 4 rings (SSSR count). The number of hydrogen-bond donors (Lipinski definition) is 2. The number of aliphatic hydroxyl groups excluding tert-OH is 1. The van der Waals surface area contributed by atoms with Crippen LogP contribution in [0.5, 0.6) is 5.75 Å². The maximum absolute atomic E-state index is 9.58. The summed E-state index contributed by atoms with van der Waals surface area (Å²) in [6.45, 7) is 1.96. The molecule has 6 nitrogen and oxygen atoms in total. The normalized spacial score (nSPS) is 19.0. The monoisotopic (exact) mass is 365 g/mol. The first-order valence-electron chi connectivity index (χ1n) is 9.02. The second-order valence-corrected chi connectivity index (χ2v) is 7.28. The molecule has 0 saturated carbocycles. The van der Waals surface area contributed by atoms with Gasteiger partial charge in [0.2, 0.25) is 11.8 Å². The summed E-state index contributed by atoms with van der Waals surface area (Å²) in [5.74, 6) is 1.76. The average molecular weight is 365 g/mol. The maximum atomic E-state index is 9.58. The van der Waals surface area contributed by atoms with Crippen molar-refractivity contribution in [2.24, 2.45) is 5.73 Å². The zero-order chi connectivity index (χ0) is 19.0. The van der Waals surface area contributed by atoms with Gasteiger partial charge in [-0.1, -0.05) is 6.07 Å². The van der Waals surface area contributed by atoms with Gasteiger partial charge in [-0.3, -0.25) is 0 Å². The standard InChI is InChI=1S/C21H23N3O3/c1-13-9-15(5-6-18(13)26-2)19-23-24-20(27-19)16-4-3-14-7-8-21(22,12-25)11-17(14)10-16/h3-6,9-10,25H,7-8,11-12,22H2,1-2H3/t21-/m0/s1. The molecule has 1 atom stereocenters. The predicted octanol–water partition coefficient (Wildman–Crippen LogP) is 2.90. The molecule has 3 aromatic rings. The molecule has 0 amide bonds. The van der Waals surface area contributed by atoms with Crippen LogP contribution in [0, 0.1) is 6.92 Å². The van der Waals surface area contributed by atoms with Gasteiger partial charge in [-0.05, 0) is 73.2 Å². The summed E-state index contributed by atoms with van der Waals surface area (Å²) >= 11 is 0. The Morgan fingerprint density at radius 1 is 1.11 bits per heavy atom. The van der Waals surface area contributed by atoms with Crippen molar-refractivity contribution in [1.29, 1.82) is 0 Å². The number of hydrogen-bond acceptors (Lipinski definition) is 6. The number of fused-ring (bicyclic) bond motifs is 1. The number of aryl methyl sites for hydroxylation is 2. The number of benzene rings is 2. The molecule has 0 radical (unpaired) electrons. The fourth-order valence-electron chi connectivity index (χ4n) is 3.62. The van der Waals surface area contributed by atoms with E-state index in [1.54, 1.807) is 7.11 Å². The van der Waals surface area contributed by atoms with Crippen LogP contribution in [0.2, 0.25) is 0 Å². The molecular formula is C21H23N3O3. The Labute approximate surface area is 158 Å². The van der Waals surface area contributed by atoms with Crippen LogP contribution in [0.15, 0.2) is 40.8 Å². The van der Waals surface area contributed by atoms with Gasteiger partial charge in [-0.2, -0.15) is 0 Å². The van der Waals surface area contributed by atoms with Crippen molar-refractivity contribution in [2.45, 2.75) is 31.7 Å². The van der Waals surface area contributed by atoms with E-state index in [1.807, 2.05) is 37.3 Å². The van der Waals surface area contributed by atoms with Crippen LogP contribution in [-0.2, 0) is 12.8 Å². The quantitative estimate of drug-likeness (QED) is 0.738. The minimum atomic E-state index is -0.549. The number of nitrogens with two attached hydrogens (primary N) is 1. The zero-order valence-corrected chi connectivity index (χ0v) is 15.5. The van der Waals surface area contributed by atoms with E-state index in [0.29, 0.717) is 18.2 Å². The number of methoxy groups -OCH3 is 1. The second kappa shape index (κ2) is 6.79. The third-order valence-electron chi connectivity index (χ3n) is 5.27. The highest BCUT2D eigenvalue weighted by Gasteiger charge is 2.30. The van der Waals surface area contributed by atoms with Crippen LogP contribution in [-0.4, -0.2) is 34.6 Å². The fourth-order valence-corrected chi connectivity index (χ4v) is 3.62. The van der Waals surface area contributed by atoms with Crippen molar-refractivity contribution < 1.29 is 14.3 Å². The number of aliphatic hydroxyl groups is 1. The van der Waals surface area contributed by atoms with Gasteiger partial charge in [0.1, 0.15) is 5.75 Å². The molecule has 1 aromatic heterocycles. The van der Waals surface area contributed by atoms with E-state index in [9.17, 15) is 5.11 Å². The van der Waals surface area contributed by atoms with Crippen LogP contribution >= 0.6 is 0 Å². The Bertz CT molecular complexity index is 983. The summed E-state index contributed by atoms with van der Waals surface area (Å²) in [5.41, 5.74) is 10.8. The lowest BCUT2D eigenvalue weighted by atomic mass is 9.78. The van der Waals surface area contributed by atoms with Crippen LogP contribution in [0.3, 0.4) is 0 Å². The highest BCUT2D eigenvalue weighted by atomic mass is 16.5. The molecule has 0 fully saturated rings. The van der Waals surface area contributed by atoms with Crippen molar-refractivity contribution in [3.63, 3.8) is 0 Å². The van der Waals surface area contributed by atoms with Gasteiger partial charge < -0.3 is 20.0 Å². The summed E-state index contributed by atoms with van der Waals surface area (Å²) < 4.78 is 11.2. The highest BCUT2D eigenvalue weighted by molar-refractivity contribution is 5.61. The Balaban J connectivity index is 1.64. The van der Waals surface area contributed by atoms with Crippen LogP contribution in [0.25, 0.3) is 22.9 Å². The van der Waals surface area contributed by atoms with Crippen molar-refractivity contribution in [3.8, 4) is 28.7 Å². The molecule has 0 aliphatic heterocycles. The van der Waals surface area contributed by atoms with Crippen LogP contribution < -0.4 is 10.5 Å². The first kappa shape index (κ1) is 17.7. The molecule has 27 heavy (non-hydrogen) atoms.